The lowest BCUT2D eigenvalue weighted by molar-refractivity contribution is 0.0211. The Morgan fingerprint density at radius 3 is 2.80 bits per heavy atom. The molecule has 3 rings (SSSR count). The number of ether oxygens (including phenoxy) is 2. The normalized spacial score (nSPS) is 19.0. The zero-order valence-electron chi connectivity index (χ0n) is 14.7. The van der Waals surface area contributed by atoms with Crippen LogP contribution in [0.3, 0.4) is 0 Å². The van der Waals surface area contributed by atoms with E-state index in [0.717, 1.165) is 56.0 Å². The highest BCUT2D eigenvalue weighted by molar-refractivity contribution is 7.17. The number of nitrogens with one attached hydrogen (secondary N) is 2. The average Bonchev–Trinajstić information content (AvgIpc) is 3.20. The topological polar surface area (TPSA) is 87.5 Å². The van der Waals surface area contributed by atoms with Crippen molar-refractivity contribution in [2.24, 2.45) is 5.41 Å². The van der Waals surface area contributed by atoms with E-state index in [1.54, 1.807) is 0 Å². The Labute approximate surface area is 151 Å². The highest BCUT2D eigenvalue weighted by Gasteiger charge is 2.41. The minimum absolute atomic E-state index is 0.0305. The number of urea groups is 1. The van der Waals surface area contributed by atoms with Crippen molar-refractivity contribution in [1.29, 1.82) is 5.41 Å². The highest BCUT2D eigenvalue weighted by atomic mass is 32.1. The number of thiazole rings is 1. The molecule has 2 saturated heterocycles. The number of hydrogen-bond acceptors (Lipinski definition) is 6. The second-order valence-corrected chi connectivity index (χ2v) is 7.72. The summed E-state index contributed by atoms with van der Waals surface area (Å²) in [6.45, 7) is 8.85. The van der Waals surface area contributed by atoms with Gasteiger partial charge in [0, 0.05) is 26.3 Å². The van der Waals surface area contributed by atoms with E-state index < -0.39 is 0 Å². The fourth-order valence-electron chi connectivity index (χ4n) is 3.40. The summed E-state index contributed by atoms with van der Waals surface area (Å²) in [4.78, 5) is 19.6. The Hall–Kier alpha value is -1.93. The van der Waals surface area contributed by atoms with Crippen molar-refractivity contribution in [3.63, 3.8) is 0 Å². The first-order chi connectivity index (χ1) is 11.9. The van der Waals surface area contributed by atoms with Gasteiger partial charge >= 0.3 is 6.03 Å². The van der Waals surface area contributed by atoms with E-state index in [2.05, 4.69) is 16.9 Å². The van der Waals surface area contributed by atoms with Gasteiger partial charge < -0.3 is 14.4 Å². The number of anilines is 1. The van der Waals surface area contributed by atoms with Crippen LogP contribution >= 0.6 is 11.3 Å². The van der Waals surface area contributed by atoms with Gasteiger partial charge in [-0.1, -0.05) is 17.9 Å². The second-order valence-electron chi connectivity index (χ2n) is 6.72. The first kappa shape index (κ1) is 17.9. The number of aromatic nitrogens is 1. The van der Waals surface area contributed by atoms with Crippen LogP contribution in [0.2, 0.25) is 0 Å². The summed E-state index contributed by atoms with van der Waals surface area (Å²) in [6, 6.07) is -0.138. The summed E-state index contributed by atoms with van der Waals surface area (Å²) in [5.74, 6) is -0.0305. The molecule has 136 valence electrons. The Morgan fingerprint density at radius 2 is 2.16 bits per heavy atom. The van der Waals surface area contributed by atoms with Crippen molar-refractivity contribution in [3.8, 4) is 0 Å². The smallest absolute Gasteiger partial charge is 0.323 e. The van der Waals surface area contributed by atoms with Crippen molar-refractivity contribution >= 4 is 34.0 Å². The van der Waals surface area contributed by atoms with Crippen LogP contribution in [0.1, 0.15) is 36.8 Å². The van der Waals surface area contributed by atoms with E-state index in [1.807, 2.05) is 11.8 Å². The monoisotopic (exact) mass is 364 g/mol. The van der Waals surface area contributed by atoms with E-state index in [1.165, 1.54) is 18.4 Å². The molecule has 2 fully saturated rings. The molecular weight excluding hydrogens is 340 g/mol. The number of carbonyl (C=O) groups is 1. The lowest BCUT2D eigenvalue weighted by Crippen LogP contribution is -2.37. The number of carbonyl (C=O) groups excluding carboxylic acids is 1. The molecule has 0 bridgehead atoms. The van der Waals surface area contributed by atoms with Gasteiger partial charge in [0.05, 0.1) is 12.0 Å². The molecule has 0 aliphatic carbocycles. The maximum Gasteiger partial charge on any atom is 0.323 e. The molecule has 1 aromatic rings. The van der Waals surface area contributed by atoms with Gasteiger partial charge in [0.25, 0.3) is 0 Å². The molecule has 2 amide bonds. The van der Waals surface area contributed by atoms with Crippen molar-refractivity contribution in [1.82, 2.24) is 9.88 Å². The fourth-order valence-corrected chi connectivity index (χ4v) is 4.28. The molecule has 0 saturated carbocycles. The maximum atomic E-state index is 12.6. The molecule has 1 spiro atoms. The maximum absolute atomic E-state index is 12.6. The van der Waals surface area contributed by atoms with Crippen LogP contribution in [0.25, 0.3) is 5.57 Å². The molecule has 25 heavy (non-hydrogen) atoms. The fraction of sp³-hybridized carbons (Fsp3) is 0.588. The number of hydrogen-bond donors (Lipinski definition) is 2. The minimum atomic E-state index is -0.138. The molecule has 2 aliphatic rings. The zero-order chi connectivity index (χ0) is 18.0. The van der Waals surface area contributed by atoms with E-state index in [4.69, 9.17) is 14.9 Å². The summed E-state index contributed by atoms with van der Waals surface area (Å²) in [7, 11) is 1.43. The third-order valence-electron chi connectivity index (χ3n) is 4.93. The number of methoxy groups -OCH3 is 1. The van der Waals surface area contributed by atoms with Crippen molar-refractivity contribution < 1.29 is 14.3 Å². The Balaban J connectivity index is 1.69. The number of likely N-dealkylation sites (tertiary alicyclic amines) is 1. The predicted molar refractivity (Wildman–Crippen MR) is 98.4 cm³/mol. The zero-order valence-corrected chi connectivity index (χ0v) is 15.5. The largest absolute Gasteiger partial charge is 0.480 e. The summed E-state index contributed by atoms with van der Waals surface area (Å²) >= 11 is 1.32. The summed E-state index contributed by atoms with van der Waals surface area (Å²) in [6.07, 6.45) is 3.06. The van der Waals surface area contributed by atoms with Crippen molar-refractivity contribution in [2.45, 2.75) is 26.2 Å². The average molecular weight is 364 g/mol. The van der Waals surface area contributed by atoms with Crippen LogP contribution in [0, 0.1) is 10.8 Å². The Bertz CT molecular complexity index is 694. The van der Waals surface area contributed by atoms with Gasteiger partial charge in [-0.3, -0.25) is 10.7 Å². The standard InChI is InChI=1S/C17H24N4O3S/c1-11(2)13-12(14(18)23-3)19-15(25-13)20-16(22)21-7-4-17(10-21)5-8-24-9-6-17/h18H,1,4-10H2,2-3H3,(H,19,20,22). The lowest BCUT2D eigenvalue weighted by atomic mass is 9.80. The van der Waals surface area contributed by atoms with E-state index in [-0.39, 0.29) is 17.3 Å². The molecule has 8 heteroatoms. The van der Waals surface area contributed by atoms with E-state index >= 15 is 0 Å². The number of allylic oxidation sites excluding steroid dienone is 1. The van der Waals surface area contributed by atoms with Gasteiger partial charge in [-0.05, 0) is 37.2 Å². The molecule has 3 heterocycles. The molecule has 2 aliphatic heterocycles. The highest BCUT2D eigenvalue weighted by Crippen LogP contribution is 2.40. The van der Waals surface area contributed by atoms with Gasteiger partial charge in [0.2, 0.25) is 5.90 Å². The molecule has 0 unspecified atom stereocenters. The van der Waals surface area contributed by atoms with Crippen molar-refractivity contribution in [3.05, 3.63) is 17.2 Å². The van der Waals surface area contributed by atoms with Gasteiger partial charge in [-0.15, -0.1) is 0 Å². The molecular formula is C17H24N4O3S. The van der Waals surface area contributed by atoms with Crippen LogP contribution in [0.5, 0.6) is 0 Å². The van der Waals surface area contributed by atoms with Crippen LogP contribution in [0.4, 0.5) is 9.93 Å². The number of amides is 2. The van der Waals surface area contributed by atoms with Gasteiger partial charge in [0.15, 0.2) is 5.13 Å². The SMILES string of the molecule is C=C(C)c1sc(NC(=O)N2CCC3(CCOCC3)C2)nc1C(=N)OC. The predicted octanol–water partition coefficient (Wildman–Crippen LogP) is 3.18. The van der Waals surface area contributed by atoms with Crippen molar-refractivity contribution in [2.75, 3.05) is 38.7 Å². The lowest BCUT2D eigenvalue weighted by Gasteiger charge is -2.33. The molecule has 2 N–H and O–H groups in total. The van der Waals surface area contributed by atoms with Gasteiger partial charge in [-0.25, -0.2) is 9.78 Å². The third kappa shape index (κ3) is 3.69. The minimum Gasteiger partial charge on any atom is -0.480 e. The second kappa shape index (κ2) is 7.13. The van der Waals surface area contributed by atoms with Crippen LogP contribution in [-0.4, -0.2) is 55.2 Å². The summed E-state index contributed by atoms with van der Waals surface area (Å²) in [5.41, 5.74) is 1.42. The Morgan fingerprint density at radius 1 is 1.44 bits per heavy atom. The summed E-state index contributed by atoms with van der Waals surface area (Å²) in [5, 5.41) is 11.2. The Kier molecular flexibility index (Phi) is 5.10. The van der Waals surface area contributed by atoms with Gasteiger partial charge in [0.1, 0.15) is 5.69 Å². The number of rotatable bonds is 3. The first-order valence-electron chi connectivity index (χ1n) is 8.37. The molecule has 0 radical (unpaired) electrons. The number of nitrogens with zero attached hydrogens (tertiary/aromatic N) is 2. The van der Waals surface area contributed by atoms with Crippen LogP contribution in [-0.2, 0) is 9.47 Å². The van der Waals surface area contributed by atoms with Crippen LogP contribution < -0.4 is 5.32 Å². The molecule has 0 aromatic carbocycles. The molecule has 1 aromatic heterocycles. The van der Waals surface area contributed by atoms with E-state index in [9.17, 15) is 4.79 Å². The third-order valence-corrected chi connectivity index (χ3v) is 6.06. The van der Waals surface area contributed by atoms with Crippen LogP contribution in [0.15, 0.2) is 6.58 Å². The van der Waals surface area contributed by atoms with E-state index in [0.29, 0.717) is 10.8 Å². The van der Waals surface area contributed by atoms with Gasteiger partial charge in [-0.2, -0.15) is 0 Å². The quantitative estimate of drug-likeness (QED) is 0.637. The molecule has 0 atom stereocenters. The molecule has 7 nitrogen and oxygen atoms in total. The first-order valence-corrected chi connectivity index (χ1v) is 9.19. The summed E-state index contributed by atoms with van der Waals surface area (Å²) < 4.78 is 10.4.